The fourth-order valence-corrected chi connectivity index (χ4v) is 2.71. The molecule has 1 fully saturated rings. The van der Waals surface area contributed by atoms with Gasteiger partial charge in [0.1, 0.15) is 0 Å². The molecule has 0 bridgehead atoms. The van der Waals surface area contributed by atoms with E-state index in [-0.39, 0.29) is 6.42 Å². The van der Waals surface area contributed by atoms with Crippen molar-refractivity contribution in [3.63, 3.8) is 0 Å². The summed E-state index contributed by atoms with van der Waals surface area (Å²) >= 11 is 0. The van der Waals surface area contributed by atoms with E-state index in [1.54, 1.807) is 6.07 Å². The third-order valence-electron chi connectivity index (χ3n) is 3.63. The molecule has 3 atom stereocenters. The molecule has 0 radical (unpaired) electrons. The monoisotopic (exact) mass is 247 g/mol. The van der Waals surface area contributed by atoms with Gasteiger partial charge in [-0.3, -0.25) is 0 Å². The fraction of sp³-hybridized carbons (Fsp3) is 0.667. The summed E-state index contributed by atoms with van der Waals surface area (Å²) in [6, 6.07) is 1.06. The summed E-state index contributed by atoms with van der Waals surface area (Å²) in [7, 11) is 0. The van der Waals surface area contributed by atoms with E-state index in [4.69, 9.17) is 10.2 Å². The van der Waals surface area contributed by atoms with Crippen LogP contribution in [-0.2, 0) is 0 Å². The quantitative estimate of drug-likeness (QED) is 0.866. The Labute approximate surface area is 98.0 Å². The van der Waals surface area contributed by atoms with Crippen LogP contribution in [0.2, 0.25) is 0 Å². The van der Waals surface area contributed by atoms with Crippen LogP contribution in [-0.4, -0.2) is 6.18 Å². The Hall–Kier alpha value is -0.970. The summed E-state index contributed by atoms with van der Waals surface area (Å²) in [5, 5.41) is 0. The van der Waals surface area contributed by atoms with E-state index in [1.807, 2.05) is 0 Å². The van der Waals surface area contributed by atoms with E-state index in [2.05, 4.69) is 0 Å². The molecule has 17 heavy (non-hydrogen) atoms. The van der Waals surface area contributed by atoms with Crippen LogP contribution in [0.5, 0.6) is 0 Å². The molecule has 1 aliphatic rings. The Morgan fingerprint density at radius 1 is 1.29 bits per heavy atom. The number of hydrogen-bond donors (Lipinski definition) is 1. The Morgan fingerprint density at radius 3 is 2.59 bits per heavy atom. The standard InChI is InChI=1S/C12H16F3NO/c13-12(14,15)10-4-2-1-3-9(10)11(16)8-5-6-17-7-8/h5-7,9-11H,1-4,16H2. The van der Waals surface area contributed by atoms with Gasteiger partial charge in [-0.1, -0.05) is 12.8 Å². The number of halogens is 3. The van der Waals surface area contributed by atoms with Crippen LogP contribution in [0.1, 0.15) is 37.3 Å². The van der Waals surface area contributed by atoms with Crippen LogP contribution in [0.25, 0.3) is 0 Å². The predicted molar refractivity (Wildman–Crippen MR) is 57.1 cm³/mol. The average molecular weight is 247 g/mol. The van der Waals surface area contributed by atoms with E-state index in [1.165, 1.54) is 12.5 Å². The first-order valence-corrected chi connectivity index (χ1v) is 5.84. The molecule has 3 unspecified atom stereocenters. The normalized spacial score (nSPS) is 28.0. The lowest BCUT2D eigenvalue weighted by atomic mass is 9.73. The molecule has 1 saturated carbocycles. The number of nitrogens with two attached hydrogens (primary N) is 1. The number of furan rings is 1. The molecule has 0 aliphatic heterocycles. The first-order chi connectivity index (χ1) is 8.00. The van der Waals surface area contributed by atoms with Crippen molar-refractivity contribution >= 4 is 0 Å². The number of hydrogen-bond acceptors (Lipinski definition) is 2. The van der Waals surface area contributed by atoms with E-state index < -0.39 is 24.1 Å². The Morgan fingerprint density at radius 2 is 2.00 bits per heavy atom. The molecular weight excluding hydrogens is 231 g/mol. The second-order valence-corrected chi connectivity index (χ2v) is 4.68. The van der Waals surface area contributed by atoms with Crippen molar-refractivity contribution < 1.29 is 17.6 Å². The first kappa shape index (κ1) is 12.5. The molecule has 0 amide bonds. The van der Waals surface area contributed by atoms with E-state index in [0.29, 0.717) is 18.4 Å². The van der Waals surface area contributed by atoms with Gasteiger partial charge in [-0.15, -0.1) is 0 Å². The summed E-state index contributed by atoms with van der Waals surface area (Å²) in [5.41, 5.74) is 6.60. The minimum atomic E-state index is -4.15. The van der Waals surface area contributed by atoms with Gasteiger partial charge in [0, 0.05) is 11.6 Å². The molecule has 1 aliphatic carbocycles. The molecule has 2 rings (SSSR count). The van der Waals surface area contributed by atoms with E-state index in [9.17, 15) is 13.2 Å². The van der Waals surface area contributed by atoms with Gasteiger partial charge in [0.25, 0.3) is 0 Å². The van der Waals surface area contributed by atoms with Crippen LogP contribution < -0.4 is 5.73 Å². The molecule has 2 nitrogen and oxygen atoms in total. The highest BCUT2D eigenvalue weighted by Gasteiger charge is 2.47. The van der Waals surface area contributed by atoms with Gasteiger partial charge in [0.15, 0.2) is 0 Å². The third-order valence-corrected chi connectivity index (χ3v) is 3.63. The van der Waals surface area contributed by atoms with Gasteiger partial charge in [-0.25, -0.2) is 0 Å². The van der Waals surface area contributed by atoms with E-state index in [0.717, 1.165) is 6.42 Å². The molecule has 1 heterocycles. The summed E-state index contributed by atoms with van der Waals surface area (Å²) in [5.74, 6) is -1.80. The Bertz CT molecular complexity index is 347. The highest BCUT2D eigenvalue weighted by Crippen LogP contribution is 2.45. The highest BCUT2D eigenvalue weighted by atomic mass is 19.4. The lowest BCUT2D eigenvalue weighted by Gasteiger charge is -2.36. The van der Waals surface area contributed by atoms with Crippen molar-refractivity contribution in [3.05, 3.63) is 24.2 Å². The average Bonchev–Trinajstić information content (AvgIpc) is 2.80. The molecule has 0 saturated heterocycles. The summed E-state index contributed by atoms with van der Waals surface area (Å²) < 4.78 is 43.6. The maximum atomic E-state index is 12.9. The molecule has 1 aromatic heterocycles. The third kappa shape index (κ3) is 2.65. The molecule has 96 valence electrons. The van der Waals surface area contributed by atoms with Crippen LogP contribution in [0.3, 0.4) is 0 Å². The van der Waals surface area contributed by atoms with Crippen molar-refractivity contribution in [2.75, 3.05) is 0 Å². The fourth-order valence-electron chi connectivity index (χ4n) is 2.71. The molecule has 0 aromatic carbocycles. The minimum Gasteiger partial charge on any atom is -0.472 e. The maximum Gasteiger partial charge on any atom is 0.392 e. The van der Waals surface area contributed by atoms with Gasteiger partial charge < -0.3 is 10.2 Å². The lowest BCUT2D eigenvalue weighted by Crippen LogP contribution is -2.38. The zero-order valence-corrected chi connectivity index (χ0v) is 9.41. The molecule has 0 spiro atoms. The zero-order valence-electron chi connectivity index (χ0n) is 9.41. The minimum absolute atomic E-state index is 0.194. The SMILES string of the molecule is NC(c1ccoc1)C1CCCCC1C(F)(F)F. The number of rotatable bonds is 2. The second-order valence-electron chi connectivity index (χ2n) is 4.68. The van der Waals surface area contributed by atoms with Crippen molar-refractivity contribution in [2.24, 2.45) is 17.6 Å². The smallest absolute Gasteiger partial charge is 0.392 e. The van der Waals surface area contributed by atoms with Crippen molar-refractivity contribution in [1.82, 2.24) is 0 Å². The van der Waals surface area contributed by atoms with E-state index >= 15 is 0 Å². The summed E-state index contributed by atoms with van der Waals surface area (Å²) in [4.78, 5) is 0. The second kappa shape index (κ2) is 4.72. The van der Waals surface area contributed by atoms with Gasteiger partial charge in [-0.05, 0) is 24.8 Å². The molecular formula is C12H16F3NO. The topological polar surface area (TPSA) is 39.2 Å². The van der Waals surface area contributed by atoms with Gasteiger partial charge in [0.05, 0.1) is 18.4 Å². The van der Waals surface area contributed by atoms with Crippen LogP contribution in [0, 0.1) is 11.8 Å². The Kier molecular flexibility index (Phi) is 3.47. The molecule has 2 N–H and O–H groups in total. The maximum absolute atomic E-state index is 12.9. The highest BCUT2D eigenvalue weighted by molar-refractivity contribution is 5.13. The van der Waals surface area contributed by atoms with Gasteiger partial charge in [0.2, 0.25) is 0 Å². The largest absolute Gasteiger partial charge is 0.472 e. The Balaban J connectivity index is 2.16. The van der Waals surface area contributed by atoms with Crippen LogP contribution in [0.15, 0.2) is 23.0 Å². The predicted octanol–water partition coefficient (Wildman–Crippen LogP) is 3.65. The lowest BCUT2D eigenvalue weighted by molar-refractivity contribution is -0.198. The number of alkyl halides is 3. The van der Waals surface area contributed by atoms with Crippen LogP contribution in [0.4, 0.5) is 13.2 Å². The van der Waals surface area contributed by atoms with Crippen molar-refractivity contribution in [3.8, 4) is 0 Å². The summed E-state index contributed by atoms with van der Waals surface area (Å²) in [6.07, 6.45) is 0.928. The van der Waals surface area contributed by atoms with Gasteiger partial charge in [-0.2, -0.15) is 13.2 Å². The molecule has 1 aromatic rings. The summed E-state index contributed by atoms with van der Waals surface area (Å²) in [6.45, 7) is 0. The van der Waals surface area contributed by atoms with Crippen molar-refractivity contribution in [2.45, 2.75) is 37.9 Å². The first-order valence-electron chi connectivity index (χ1n) is 5.84. The molecule has 5 heteroatoms. The zero-order chi connectivity index (χ0) is 12.5. The van der Waals surface area contributed by atoms with Crippen molar-refractivity contribution in [1.29, 1.82) is 0 Å². The van der Waals surface area contributed by atoms with Gasteiger partial charge >= 0.3 is 6.18 Å². The van der Waals surface area contributed by atoms with Crippen LogP contribution >= 0.6 is 0 Å².